The number of carbonyl (C=O) groups is 1. The quantitative estimate of drug-likeness (QED) is 0.642. The van der Waals surface area contributed by atoms with E-state index in [1.54, 1.807) is 11.0 Å². The number of hydrogen-bond donors (Lipinski definition) is 1. The summed E-state index contributed by atoms with van der Waals surface area (Å²) in [6.45, 7) is 6.44. The number of hydrogen-bond acceptors (Lipinski definition) is 3. The van der Waals surface area contributed by atoms with Gasteiger partial charge in [-0.25, -0.2) is 13.1 Å². The van der Waals surface area contributed by atoms with Gasteiger partial charge < -0.3 is 4.90 Å². The Bertz CT molecular complexity index is 673. The summed E-state index contributed by atoms with van der Waals surface area (Å²) in [6, 6.07) is 5.70. The predicted molar refractivity (Wildman–Crippen MR) is 86.3 cm³/mol. The minimum absolute atomic E-state index is 0.0944. The highest BCUT2D eigenvalue weighted by Crippen LogP contribution is 2.36. The van der Waals surface area contributed by atoms with E-state index in [2.05, 4.69) is 11.3 Å². The fourth-order valence-electron chi connectivity index (χ4n) is 2.51. The fourth-order valence-corrected chi connectivity index (χ4v) is 2.94. The summed E-state index contributed by atoms with van der Waals surface area (Å²) in [5.74, 6) is 0.226. The highest BCUT2D eigenvalue weighted by Gasteiger charge is 2.28. The van der Waals surface area contributed by atoms with Gasteiger partial charge in [0.2, 0.25) is 5.91 Å². The van der Waals surface area contributed by atoms with Gasteiger partial charge in [0, 0.05) is 25.2 Å². The first-order valence-corrected chi connectivity index (χ1v) is 8.69. The third kappa shape index (κ3) is 3.74. The number of nitrogens with zero attached hydrogens (tertiary/aromatic N) is 1. The van der Waals surface area contributed by atoms with Gasteiger partial charge in [0.1, 0.15) is 0 Å². The molecule has 0 fully saturated rings. The van der Waals surface area contributed by atoms with Crippen LogP contribution >= 0.6 is 0 Å². The second kappa shape index (κ2) is 6.03. The maximum absolute atomic E-state index is 12.1. The summed E-state index contributed by atoms with van der Waals surface area (Å²) < 4.78 is 24.8. The van der Waals surface area contributed by atoms with Crippen molar-refractivity contribution >= 4 is 28.6 Å². The van der Waals surface area contributed by atoms with Crippen molar-refractivity contribution in [1.82, 2.24) is 4.72 Å². The van der Waals surface area contributed by atoms with E-state index >= 15 is 0 Å². The van der Waals surface area contributed by atoms with Crippen LogP contribution in [0.3, 0.4) is 0 Å². The van der Waals surface area contributed by atoms with Crippen LogP contribution in [0, 0.1) is 0 Å². The van der Waals surface area contributed by atoms with Gasteiger partial charge in [0.05, 0.1) is 0 Å². The molecule has 0 bridgehead atoms. The van der Waals surface area contributed by atoms with E-state index in [9.17, 15) is 13.2 Å². The Morgan fingerprint density at radius 3 is 2.86 bits per heavy atom. The number of amides is 1. The highest BCUT2D eigenvalue weighted by molar-refractivity contribution is 8.10. The molecule has 21 heavy (non-hydrogen) atoms. The lowest BCUT2D eigenvalue weighted by molar-refractivity contribution is -0.119. The van der Waals surface area contributed by atoms with Crippen LogP contribution in [0.15, 0.2) is 30.9 Å². The summed E-state index contributed by atoms with van der Waals surface area (Å²) in [7, 11) is -2.08. The second-order valence-electron chi connectivity index (χ2n) is 5.38. The Balaban J connectivity index is 2.31. The molecule has 2 rings (SSSR count). The lowest BCUT2D eigenvalue weighted by Gasteiger charge is -2.32. The van der Waals surface area contributed by atoms with Crippen LogP contribution < -0.4 is 9.62 Å². The number of nitrogens with one attached hydrogen (secondary N) is 1. The smallest absolute Gasteiger partial charge is 0.275 e. The maximum atomic E-state index is 12.1. The second-order valence-corrected chi connectivity index (χ2v) is 7.22. The van der Waals surface area contributed by atoms with Gasteiger partial charge in [0.15, 0.2) is 9.87 Å². The Labute approximate surface area is 126 Å². The SMILES string of the molecule is BS(=O)(=O)NCc1ccc2c(c1)C(C)CC(=O)N2CC=C. The van der Waals surface area contributed by atoms with E-state index in [4.69, 9.17) is 0 Å². The van der Waals surface area contributed by atoms with Gasteiger partial charge in [-0.1, -0.05) is 25.1 Å². The zero-order valence-corrected chi connectivity index (χ0v) is 13.1. The largest absolute Gasteiger partial charge is 0.308 e. The fraction of sp³-hybridized carbons (Fsp3) is 0.357. The molecule has 5 nitrogen and oxygen atoms in total. The van der Waals surface area contributed by atoms with Crippen molar-refractivity contribution in [3.05, 3.63) is 42.0 Å². The maximum Gasteiger partial charge on any atom is 0.275 e. The van der Waals surface area contributed by atoms with Gasteiger partial charge in [0.25, 0.3) is 7.12 Å². The molecule has 1 atom stereocenters. The van der Waals surface area contributed by atoms with Crippen LogP contribution in [0.5, 0.6) is 0 Å². The minimum Gasteiger partial charge on any atom is -0.308 e. The predicted octanol–water partition coefficient (Wildman–Crippen LogP) is 0.680. The van der Waals surface area contributed by atoms with Gasteiger partial charge >= 0.3 is 0 Å². The Morgan fingerprint density at radius 2 is 2.24 bits per heavy atom. The van der Waals surface area contributed by atoms with Crippen molar-refractivity contribution in [3.8, 4) is 0 Å². The van der Waals surface area contributed by atoms with Crippen LogP contribution in [-0.4, -0.2) is 28.0 Å². The number of benzene rings is 1. The van der Waals surface area contributed by atoms with E-state index in [1.165, 1.54) is 0 Å². The molecule has 0 radical (unpaired) electrons. The molecule has 1 N–H and O–H groups in total. The topological polar surface area (TPSA) is 66.5 Å². The molecule has 1 unspecified atom stereocenters. The molecule has 1 aromatic carbocycles. The van der Waals surface area contributed by atoms with Crippen molar-refractivity contribution < 1.29 is 13.2 Å². The molecular formula is C14H19BN2O3S. The lowest BCUT2D eigenvalue weighted by atomic mass is 9.89. The summed E-state index contributed by atoms with van der Waals surface area (Å²) in [4.78, 5) is 13.8. The Morgan fingerprint density at radius 1 is 1.52 bits per heavy atom. The molecule has 1 aliphatic rings. The summed E-state index contributed by atoms with van der Waals surface area (Å²) in [5.41, 5.74) is 2.85. The van der Waals surface area contributed by atoms with Gasteiger partial charge in [-0.05, 0) is 23.1 Å². The molecule has 0 saturated carbocycles. The van der Waals surface area contributed by atoms with Gasteiger partial charge in [-0.15, -0.1) is 6.58 Å². The van der Waals surface area contributed by atoms with E-state index < -0.39 is 9.87 Å². The van der Waals surface area contributed by atoms with E-state index in [0.717, 1.165) is 23.9 Å². The number of anilines is 1. The average molecular weight is 306 g/mol. The van der Waals surface area contributed by atoms with Crippen molar-refractivity contribution in [2.75, 3.05) is 11.4 Å². The van der Waals surface area contributed by atoms with Crippen molar-refractivity contribution in [3.63, 3.8) is 0 Å². The van der Waals surface area contributed by atoms with Crippen LogP contribution in [-0.2, 0) is 21.2 Å². The normalized spacial score (nSPS) is 18.4. The first kappa shape index (κ1) is 15.8. The monoisotopic (exact) mass is 306 g/mol. The molecule has 1 aliphatic heterocycles. The standard InChI is InChI=1S/C14H19BN2O3S/c1-3-6-17-13-5-4-11(9-16-21(15,19)20)8-12(13)10(2)7-14(17)18/h3-5,8,10,16H,1,6-7,9,15H2,2H3. The molecule has 1 aromatic rings. The third-order valence-electron chi connectivity index (χ3n) is 3.55. The molecule has 0 aromatic heterocycles. The van der Waals surface area contributed by atoms with Crippen LogP contribution in [0.25, 0.3) is 0 Å². The summed E-state index contributed by atoms with van der Waals surface area (Å²) >= 11 is 0. The first-order chi connectivity index (χ1) is 9.81. The zero-order chi connectivity index (χ0) is 15.6. The molecular weight excluding hydrogens is 287 g/mol. The average Bonchev–Trinajstić information content (AvgIpc) is 2.40. The summed E-state index contributed by atoms with van der Waals surface area (Å²) in [6.07, 6.45) is 2.17. The number of carbonyl (C=O) groups excluding carboxylic acids is 1. The van der Waals surface area contributed by atoms with Crippen LogP contribution in [0.1, 0.15) is 30.4 Å². The van der Waals surface area contributed by atoms with Crippen molar-refractivity contribution in [2.45, 2.75) is 25.8 Å². The molecule has 1 amide bonds. The molecule has 0 saturated heterocycles. The number of fused-ring (bicyclic) bond motifs is 1. The zero-order valence-electron chi connectivity index (χ0n) is 12.3. The van der Waals surface area contributed by atoms with Gasteiger partial charge in [-0.3, -0.25) is 4.79 Å². The Hall–Kier alpha value is -1.60. The molecule has 0 aliphatic carbocycles. The molecule has 7 heteroatoms. The van der Waals surface area contributed by atoms with Crippen molar-refractivity contribution in [2.24, 2.45) is 0 Å². The van der Waals surface area contributed by atoms with E-state index in [1.807, 2.05) is 25.1 Å². The molecule has 1 heterocycles. The Kier molecular flexibility index (Phi) is 4.53. The molecule has 0 spiro atoms. The van der Waals surface area contributed by atoms with E-state index in [-0.39, 0.29) is 18.4 Å². The number of rotatable bonds is 5. The van der Waals surface area contributed by atoms with Crippen LogP contribution in [0.2, 0.25) is 0 Å². The lowest BCUT2D eigenvalue weighted by Crippen LogP contribution is -2.36. The van der Waals surface area contributed by atoms with Crippen molar-refractivity contribution in [1.29, 1.82) is 0 Å². The molecule has 112 valence electrons. The minimum atomic E-state index is -3.21. The van der Waals surface area contributed by atoms with Gasteiger partial charge in [-0.2, -0.15) is 0 Å². The van der Waals surface area contributed by atoms with E-state index in [0.29, 0.717) is 13.0 Å². The van der Waals surface area contributed by atoms with Crippen LogP contribution in [0.4, 0.5) is 5.69 Å². The third-order valence-corrected chi connectivity index (χ3v) is 4.21. The summed E-state index contributed by atoms with van der Waals surface area (Å²) in [5, 5.41) is 0. The highest BCUT2D eigenvalue weighted by atomic mass is 32.2. The first-order valence-electron chi connectivity index (χ1n) is 6.80.